The highest BCUT2D eigenvalue weighted by atomic mass is 32.2. The quantitative estimate of drug-likeness (QED) is 0.642. The Balaban J connectivity index is 0.000000241. The average Bonchev–Trinajstić information content (AvgIpc) is 2.44. The summed E-state index contributed by atoms with van der Waals surface area (Å²) in [5, 5.41) is 0. The van der Waals surface area contributed by atoms with Gasteiger partial charge in [-0.2, -0.15) is 11.8 Å². The number of carbonyl (C=O) groups excluding carboxylic acids is 1. The summed E-state index contributed by atoms with van der Waals surface area (Å²) in [6.45, 7) is 3.65. The van der Waals surface area contributed by atoms with E-state index in [2.05, 4.69) is 16.5 Å². The number of hydrogen-bond donors (Lipinski definition) is 0. The van der Waals surface area contributed by atoms with Crippen molar-refractivity contribution in [3.05, 3.63) is 0 Å². The minimum Gasteiger partial charge on any atom is -0.466 e. The van der Waals surface area contributed by atoms with Gasteiger partial charge in [-0.3, -0.25) is 4.79 Å². The van der Waals surface area contributed by atoms with Gasteiger partial charge >= 0.3 is 5.97 Å². The number of rotatable bonds is 1. The van der Waals surface area contributed by atoms with Gasteiger partial charge < -0.3 is 4.74 Å². The van der Waals surface area contributed by atoms with Crippen molar-refractivity contribution in [2.24, 2.45) is 0 Å². The SMILES string of the molecule is C1CCCCC1.C1CCSCC1.CCOC(C)=O. The van der Waals surface area contributed by atoms with E-state index in [0.717, 1.165) is 0 Å². The standard InChI is InChI=1S/C6H12.C5H10S.C4H8O2/c2*1-2-4-6-5-3-1;1-3-6-4(2)5/h1-6H2;1-5H2;3H2,1-2H3. The molecule has 2 rings (SSSR count). The lowest BCUT2D eigenvalue weighted by molar-refractivity contribution is -0.140. The van der Waals surface area contributed by atoms with Gasteiger partial charge in [0, 0.05) is 6.92 Å². The zero-order valence-electron chi connectivity index (χ0n) is 12.2. The topological polar surface area (TPSA) is 26.3 Å². The van der Waals surface area contributed by atoms with Gasteiger partial charge in [0.15, 0.2) is 0 Å². The van der Waals surface area contributed by atoms with Crippen molar-refractivity contribution in [2.45, 2.75) is 71.6 Å². The van der Waals surface area contributed by atoms with Crippen LogP contribution in [0.2, 0.25) is 0 Å². The van der Waals surface area contributed by atoms with Crippen LogP contribution in [0.4, 0.5) is 0 Å². The van der Waals surface area contributed by atoms with Crippen molar-refractivity contribution in [3.8, 4) is 0 Å². The van der Waals surface area contributed by atoms with E-state index in [0.29, 0.717) is 6.61 Å². The van der Waals surface area contributed by atoms with Gasteiger partial charge in [-0.15, -0.1) is 0 Å². The number of esters is 1. The van der Waals surface area contributed by atoms with E-state index in [1.807, 2.05) is 0 Å². The summed E-state index contributed by atoms with van der Waals surface area (Å²) in [4.78, 5) is 9.82. The second-order valence-electron chi connectivity index (χ2n) is 4.72. The van der Waals surface area contributed by atoms with Crippen LogP contribution in [0, 0.1) is 0 Å². The fourth-order valence-electron chi connectivity index (χ4n) is 1.95. The molecule has 2 aliphatic rings. The van der Waals surface area contributed by atoms with Crippen LogP contribution in [0.3, 0.4) is 0 Å². The largest absolute Gasteiger partial charge is 0.466 e. The highest BCUT2D eigenvalue weighted by Gasteiger charge is 1.96. The van der Waals surface area contributed by atoms with Gasteiger partial charge in [-0.05, 0) is 31.3 Å². The van der Waals surface area contributed by atoms with Crippen molar-refractivity contribution in [1.82, 2.24) is 0 Å². The molecule has 108 valence electrons. The van der Waals surface area contributed by atoms with E-state index in [9.17, 15) is 4.79 Å². The van der Waals surface area contributed by atoms with Crippen molar-refractivity contribution in [2.75, 3.05) is 18.1 Å². The van der Waals surface area contributed by atoms with Gasteiger partial charge in [0.2, 0.25) is 0 Å². The number of ether oxygens (including phenoxy) is 1. The molecule has 0 aromatic rings. The van der Waals surface area contributed by atoms with Crippen molar-refractivity contribution in [1.29, 1.82) is 0 Å². The third-order valence-corrected chi connectivity index (χ3v) is 4.08. The first kappa shape index (κ1) is 17.8. The molecule has 3 heteroatoms. The lowest BCUT2D eigenvalue weighted by Gasteiger charge is -2.05. The molecule has 1 saturated carbocycles. The number of carbonyl (C=O) groups is 1. The molecular weight excluding hydrogens is 244 g/mol. The van der Waals surface area contributed by atoms with Crippen LogP contribution in [0.5, 0.6) is 0 Å². The fraction of sp³-hybridized carbons (Fsp3) is 0.933. The van der Waals surface area contributed by atoms with Crippen LogP contribution in [-0.2, 0) is 9.53 Å². The molecule has 1 aliphatic heterocycles. The Labute approximate surface area is 117 Å². The molecule has 0 aromatic heterocycles. The molecule has 0 aromatic carbocycles. The highest BCUT2D eigenvalue weighted by Crippen LogP contribution is 2.15. The predicted octanol–water partition coefficient (Wildman–Crippen LogP) is 4.81. The zero-order chi connectivity index (χ0) is 13.5. The normalized spacial score (nSPS) is 18.6. The molecule has 2 fully saturated rings. The van der Waals surface area contributed by atoms with Crippen LogP contribution in [0.25, 0.3) is 0 Å². The number of hydrogen-bond acceptors (Lipinski definition) is 3. The molecule has 0 amide bonds. The average molecular weight is 274 g/mol. The highest BCUT2D eigenvalue weighted by molar-refractivity contribution is 7.99. The maximum atomic E-state index is 9.82. The van der Waals surface area contributed by atoms with E-state index in [4.69, 9.17) is 0 Å². The summed E-state index contributed by atoms with van der Waals surface area (Å²) in [7, 11) is 0. The number of thioether (sulfide) groups is 1. The monoisotopic (exact) mass is 274 g/mol. The molecule has 2 nitrogen and oxygen atoms in total. The summed E-state index contributed by atoms with van der Waals surface area (Å²) >= 11 is 2.09. The van der Waals surface area contributed by atoms with Crippen molar-refractivity contribution >= 4 is 17.7 Å². The molecule has 0 spiro atoms. The molecule has 1 aliphatic carbocycles. The maximum absolute atomic E-state index is 9.82. The molecule has 1 saturated heterocycles. The van der Waals surface area contributed by atoms with Crippen molar-refractivity contribution in [3.63, 3.8) is 0 Å². The Kier molecular flexibility index (Phi) is 14.7. The molecule has 18 heavy (non-hydrogen) atoms. The van der Waals surface area contributed by atoms with Crippen LogP contribution in [0.1, 0.15) is 71.6 Å². The molecule has 0 bridgehead atoms. The predicted molar refractivity (Wildman–Crippen MR) is 81.2 cm³/mol. The molecule has 1 heterocycles. The van der Waals surface area contributed by atoms with Crippen LogP contribution >= 0.6 is 11.8 Å². The Bertz CT molecular complexity index is 140. The van der Waals surface area contributed by atoms with E-state index < -0.39 is 0 Å². The minimum atomic E-state index is -0.211. The van der Waals surface area contributed by atoms with Gasteiger partial charge in [-0.1, -0.05) is 44.9 Å². The second-order valence-corrected chi connectivity index (χ2v) is 5.94. The minimum absolute atomic E-state index is 0.211. The first-order valence-corrected chi connectivity index (χ1v) is 8.64. The molecule has 0 unspecified atom stereocenters. The van der Waals surface area contributed by atoms with Crippen LogP contribution in [-0.4, -0.2) is 24.1 Å². The maximum Gasteiger partial charge on any atom is 0.302 e. The van der Waals surface area contributed by atoms with E-state index >= 15 is 0 Å². The van der Waals surface area contributed by atoms with E-state index in [1.165, 1.54) is 76.2 Å². The van der Waals surface area contributed by atoms with Gasteiger partial charge in [-0.25, -0.2) is 0 Å². The summed E-state index contributed by atoms with van der Waals surface area (Å²) in [5.74, 6) is 2.62. The van der Waals surface area contributed by atoms with E-state index in [1.54, 1.807) is 6.92 Å². The third-order valence-electron chi connectivity index (χ3n) is 2.92. The Morgan fingerprint density at radius 1 is 0.889 bits per heavy atom. The fourth-order valence-corrected chi connectivity index (χ4v) is 2.97. The van der Waals surface area contributed by atoms with Crippen molar-refractivity contribution < 1.29 is 9.53 Å². The molecular formula is C15H30O2S. The van der Waals surface area contributed by atoms with E-state index in [-0.39, 0.29) is 5.97 Å². The third kappa shape index (κ3) is 15.8. The summed E-state index contributed by atoms with van der Waals surface area (Å²) in [6, 6.07) is 0. The van der Waals surface area contributed by atoms with Crippen LogP contribution in [0.15, 0.2) is 0 Å². The first-order chi connectivity index (χ1) is 8.77. The van der Waals surface area contributed by atoms with Crippen LogP contribution < -0.4 is 0 Å². The van der Waals surface area contributed by atoms with Gasteiger partial charge in [0.1, 0.15) is 0 Å². The molecule has 0 atom stereocenters. The smallest absolute Gasteiger partial charge is 0.302 e. The lowest BCUT2D eigenvalue weighted by atomic mass is 10.0. The van der Waals surface area contributed by atoms with Gasteiger partial charge in [0.25, 0.3) is 0 Å². The van der Waals surface area contributed by atoms with Gasteiger partial charge in [0.05, 0.1) is 6.61 Å². The lowest BCUT2D eigenvalue weighted by Crippen LogP contribution is -1.95. The molecule has 0 N–H and O–H groups in total. The second kappa shape index (κ2) is 14.9. The zero-order valence-corrected chi connectivity index (χ0v) is 13.0. The molecule has 0 radical (unpaired) electrons. The summed E-state index contributed by atoms with van der Waals surface area (Å²) in [6.07, 6.45) is 13.4. The Morgan fingerprint density at radius 2 is 1.28 bits per heavy atom. The summed E-state index contributed by atoms with van der Waals surface area (Å²) in [5.41, 5.74) is 0. The Hall–Kier alpha value is -0.180. The summed E-state index contributed by atoms with van der Waals surface area (Å²) < 4.78 is 4.40. The Morgan fingerprint density at radius 3 is 1.39 bits per heavy atom. The first-order valence-electron chi connectivity index (χ1n) is 7.48.